The van der Waals surface area contributed by atoms with Crippen LogP contribution in [0.2, 0.25) is 0 Å². The van der Waals surface area contributed by atoms with Crippen molar-refractivity contribution in [1.82, 2.24) is 0 Å². The van der Waals surface area contributed by atoms with Gasteiger partial charge in [0.1, 0.15) is 10.9 Å². The van der Waals surface area contributed by atoms with Crippen molar-refractivity contribution < 1.29 is 9.53 Å². The molecule has 2 unspecified atom stereocenters. The molecular weight excluding hydrogens is 220 g/mol. The highest BCUT2D eigenvalue weighted by atomic mass is 35.5. The Bertz CT molecular complexity index is 213. The number of carbonyl (C=O) groups excluding carboxylic acids is 1. The summed E-state index contributed by atoms with van der Waals surface area (Å²) in [6.45, 7) is 5.68. The number of esters is 1. The summed E-state index contributed by atoms with van der Waals surface area (Å²) in [5.41, 5.74) is -0.378. The van der Waals surface area contributed by atoms with E-state index in [1.54, 1.807) is 11.8 Å². The second kappa shape index (κ2) is 4.75. The van der Waals surface area contributed by atoms with Crippen molar-refractivity contribution in [2.75, 3.05) is 5.88 Å². The van der Waals surface area contributed by atoms with Crippen molar-refractivity contribution in [3.05, 3.63) is 0 Å². The molecule has 1 aliphatic heterocycles. The number of carbonyl (C=O) groups is 1. The zero-order chi connectivity index (χ0) is 10.8. The molecule has 0 aliphatic carbocycles. The van der Waals surface area contributed by atoms with Gasteiger partial charge in [-0.1, -0.05) is 0 Å². The number of alkyl halides is 1. The standard InChI is InChI=1S/C10H17ClO2S/c1-10(2,3)13-9(12)8-5-4-7(6-11)14-8/h7-8H,4-6H2,1-3H3. The van der Waals surface area contributed by atoms with Crippen molar-refractivity contribution in [2.45, 2.75) is 49.7 Å². The monoisotopic (exact) mass is 236 g/mol. The van der Waals surface area contributed by atoms with E-state index in [0.29, 0.717) is 11.1 Å². The zero-order valence-corrected chi connectivity index (χ0v) is 10.5. The summed E-state index contributed by atoms with van der Waals surface area (Å²) >= 11 is 7.39. The summed E-state index contributed by atoms with van der Waals surface area (Å²) in [7, 11) is 0. The molecular formula is C10H17ClO2S. The minimum absolute atomic E-state index is 0.00188. The van der Waals surface area contributed by atoms with Crippen LogP contribution in [-0.4, -0.2) is 28.0 Å². The van der Waals surface area contributed by atoms with Crippen LogP contribution >= 0.6 is 23.4 Å². The van der Waals surface area contributed by atoms with Gasteiger partial charge in [0.2, 0.25) is 0 Å². The third-order valence-corrected chi connectivity index (χ3v) is 4.05. The van der Waals surface area contributed by atoms with Crippen LogP contribution in [0, 0.1) is 0 Å². The maximum absolute atomic E-state index is 11.6. The van der Waals surface area contributed by atoms with Crippen LogP contribution in [0.25, 0.3) is 0 Å². The Hall–Kier alpha value is 0.110. The van der Waals surface area contributed by atoms with Crippen LogP contribution in [0.5, 0.6) is 0 Å². The molecule has 0 radical (unpaired) electrons. The molecule has 82 valence electrons. The first-order valence-electron chi connectivity index (χ1n) is 4.86. The molecule has 1 fully saturated rings. The molecule has 0 N–H and O–H groups in total. The number of rotatable bonds is 2. The van der Waals surface area contributed by atoms with E-state index >= 15 is 0 Å². The molecule has 1 heterocycles. The predicted octanol–water partition coefficient (Wildman–Crippen LogP) is 2.83. The average Bonchev–Trinajstić information content (AvgIpc) is 2.48. The first-order chi connectivity index (χ1) is 6.42. The molecule has 0 saturated carbocycles. The van der Waals surface area contributed by atoms with E-state index in [1.165, 1.54) is 0 Å². The largest absolute Gasteiger partial charge is 0.459 e. The summed E-state index contributed by atoms with van der Waals surface area (Å²) in [6, 6.07) is 0. The minimum Gasteiger partial charge on any atom is -0.459 e. The molecule has 1 saturated heterocycles. The summed E-state index contributed by atoms with van der Waals surface area (Å²) in [6.07, 6.45) is 1.93. The highest BCUT2D eigenvalue weighted by Crippen LogP contribution is 2.35. The Morgan fingerprint density at radius 2 is 2.14 bits per heavy atom. The topological polar surface area (TPSA) is 26.3 Å². The Balaban J connectivity index is 2.40. The van der Waals surface area contributed by atoms with Gasteiger partial charge in [0.25, 0.3) is 0 Å². The second-order valence-corrected chi connectivity index (χ2v) is 6.33. The fourth-order valence-corrected chi connectivity index (χ4v) is 2.97. The lowest BCUT2D eigenvalue weighted by molar-refractivity contribution is -0.154. The van der Waals surface area contributed by atoms with Crippen molar-refractivity contribution in [2.24, 2.45) is 0 Å². The van der Waals surface area contributed by atoms with E-state index < -0.39 is 0 Å². The normalized spacial score (nSPS) is 27.7. The smallest absolute Gasteiger partial charge is 0.319 e. The predicted molar refractivity (Wildman–Crippen MR) is 61.0 cm³/mol. The zero-order valence-electron chi connectivity index (χ0n) is 8.88. The molecule has 4 heteroatoms. The van der Waals surface area contributed by atoms with Gasteiger partial charge < -0.3 is 4.74 Å². The highest BCUT2D eigenvalue weighted by molar-refractivity contribution is 8.01. The molecule has 2 nitrogen and oxygen atoms in total. The van der Waals surface area contributed by atoms with Crippen LogP contribution in [-0.2, 0) is 9.53 Å². The van der Waals surface area contributed by atoms with Gasteiger partial charge in [-0.05, 0) is 33.6 Å². The molecule has 1 aliphatic rings. The highest BCUT2D eigenvalue weighted by Gasteiger charge is 2.33. The van der Waals surface area contributed by atoms with Gasteiger partial charge in [-0.3, -0.25) is 4.79 Å². The van der Waals surface area contributed by atoms with Crippen LogP contribution in [0.3, 0.4) is 0 Å². The molecule has 0 aromatic rings. The van der Waals surface area contributed by atoms with Crippen molar-refractivity contribution >= 4 is 29.3 Å². The van der Waals surface area contributed by atoms with E-state index in [0.717, 1.165) is 12.8 Å². The molecule has 0 bridgehead atoms. The van der Waals surface area contributed by atoms with E-state index in [-0.39, 0.29) is 16.8 Å². The fourth-order valence-electron chi connectivity index (χ4n) is 1.36. The average molecular weight is 237 g/mol. The first kappa shape index (κ1) is 12.2. The number of hydrogen-bond donors (Lipinski definition) is 0. The van der Waals surface area contributed by atoms with Gasteiger partial charge in [0.05, 0.1) is 0 Å². The lowest BCUT2D eigenvalue weighted by Gasteiger charge is -2.21. The summed E-state index contributed by atoms with van der Waals surface area (Å²) in [4.78, 5) is 11.6. The Kier molecular flexibility index (Phi) is 4.14. The third-order valence-electron chi connectivity index (χ3n) is 1.95. The maximum Gasteiger partial charge on any atom is 0.319 e. The molecule has 14 heavy (non-hydrogen) atoms. The van der Waals surface area contributed by atoms with E-state index in [4.69, 9.17) is 16.3 Å². The molecule has 1 rings (SSSR count). The number of ether oxygens (including phenoxy) is 1. The second-order valence-electron chi connectivity index (χ2n) is 4.51. The van der Waals surface area contributed by atoms with E-state index in [1.807, 2.05) is 20.8 Å². The molecule has 0 amide bonds. The lowest BCUT2D eigenvalue weighted by Crippen LogP contribution is -2.29. The Labute approximate surface area is 94.7 Å². The lowest BCUT2D eigenvalue weighted by atomic mass is 10.2. The molecule has 0 aromatic carbocycles. The maximum atomic E-state index is 11.6. The number of hydrogen-bond acceptors (Lipinski definition) is 3. The van der Waals surface area contributed by atoms with Crippen LogP contribution < -0.4 is 0 Å². The van der Waals surface area contributed by atoms with Gasteiger partial charge in [0.15, 0.2) is 0 Å². The SMILES string of the molecule is CC(C)(C)OC(=O)C1CCC(CCl)S1. The van der Waals surface area contributed by atoms with Gasteiger partial charge in [-0.25, -0.2) is 0 Å². The van der Waals surface area contributed by atoms with Crippen LogP contribution in [0.15, 0.2) is 0 Å². The van der Waals surface area contributed by atoms with Gasteiger partial charge in [-0.2, -0.15) is 0 Å². The molecule has 0 aromatic heterocycles. The first-order valence-corrected chi connectivity index (χ1v) is 6.34. The molecule has 0 spiro atoms. The quantitative estimate of drug-likeness (QED) is 0.545. The van der Waals surface area contributed by atoms with Gasteiger partial charge in [-0.15, -0.1) is 23.4 Å². The Morgan fingerprint density at radius 3 is 2.57 bits per heavy atom. The van der Waals surface area contributed by atoms with Crippen LogP contribution in [0.4, 0.5) is 0 Å². The summed E-state index contributed by atoms with van der Waals surface area (Å²) in [5.74, 6) is 0.541. The van der Waals surface area contributed by atoms with Crippen molar-refractivity contribution in [1.29, 1.82) is 0 Å². The van der Waals surface area contributed by atoms with Crippen molar-refractivity contribution in [3.8, 4) is 0 Å². The number of halogens is 1. The summed E-state index contributed by atoms with van der Waals surface area (Å²) < 4.78 is 5.31. The number of thioether (sulfide) groups is 1. The fraction of sp³-hybridized carbons (Fsp3) is 0.900. The van der Waals surface area contributed by atoms with Gasteiger partial charge >= 0.3 is 5.97 Å². The summed E-state index contributed by atoms with van der Waals surface area (Å²) in [5, 5.41) is 0.423. The molecule has 2 atom stereocenters. The van der Waals surface area contributed by atoms with E-state index in [2.05, 4.69) is 0 Å². The van der Waals surface area contributed by atoms with Crippen LogP contribution in [0.1, 0.15) is 33.6 Å². The Morgan fingerprint density at radius 1 is 1.50 bits per heavy atom. The third kappa shape index (κ3) is 3.70. The van der Waals surface area contributed by atoms with Crippen molar-refractivity contribution in [3.63, 3.8) is 0 Å². The van der Waals surface area contributed by atoms with Gasteiger partial charge in [0, 0.05) is 11.1 Å². The minimum atomic E-state index is -0.378. The van der Waals surface area contributed by atoms with E-state index in [9.17, 15) is 4.79 Å².